The number of sulfonamides is 1. The van der Waals surface area contributed by atoms with E-state index in [2.05, 4.69) is 0 Å². The average molecular weight is 392 g/mol. The number of nitrogens with one attached hydrogen (secondary N) is 1. The molecule has 0 radical (unpaired) electrons. The average Bonchev–Trinajstić information content (AvgIpc) is 3.25. The molecule has 6 nitrogen and oxygen atoms in total. The molecule has 2 fully saturated rings. The lowest BCUT2D eigenvalue weighted by atomic mass is 10.1. The van der Waals surface area contributed by atoms with Crippen molar-refractivity contribution >= 4 is 27.3 Å². The molecule has 1 aliphatic carbocycles. The Labute approximate surface area is 149 Å². The molecule has 1 atom stereocenters. The zero-order chi connectivity index (χ0) is 19.3. The van der Waals surface area contributed by atoms with Crippen LogP contribution in [0.1, 0.15) is 30.4 Å². The lowest BCUT2D eigenvalue weighted by Crippen LogP contribution is -2.32. The van der Waals surface area contributed by atoms with Crippen molar-refractivity contribution in [2.45, 2.75) is 50.8 Å². The van der Waals surface area contributed by atoms with Gasteiger partial charge >= 0.3 is 15.5 Å². The predicted octanol–water partition coefficient (Wildman–Crippen LogP) is 2.85. The summed E-state index contributed by atoms with van der Waals surface area (Å²) in [6.45, 7) is 3.58. The quantitative estimate of drug-likeness (QED) is 0.836. The Morgan fingerprint density at radius 2 is 1.81 bits per heavy atom. The number of anilines is 2. The SMILES string of the molecule is Cc1cc(C)c(N2CCC(OC3CC3)C2=O)cc1NS(=O)(=O)C(F)(F)F. The number of carbonyl (C=O) groups is 1. The van der Waals surface area contributed by atoms with Crippen LogP contribution in [-0.2, 0) is 19.6 Å². The van der Waals surface area contributed by atoms with Crippen molar-refractivity contribution in [1.82, 2.24) is 0 Å². The molecule has 144 valence electrons. The Bertz CT molecular complexity index is 835. The highest BCUT2D eigenvalue weighted by Crippen LogP contribution is 2.35. The Morgan fingerprint density at radius 1 is 1.15 bits per heavy atom. The number of rotatable bonds is 5. The number of amides is 1. The molecule has 10 heteroatoms. The second-order valence-electron chi connectivity index (χ2n) is 6.61. The van der Waals surface area contributed by atoms with Crippen LogP contribution in [0.5, 0.6) is 0 Å². The molecule has 1 saturated carbocycles. The van der Waals surface area contributed by atoms with Crippen molar-refractivity contribution in [2.24, 2.45) is 0 Å². The van der Waals surface area contributed by atoms with Gasteiger partial charge in [0.05, 0.1) is 11.8 Å². The lowest BCUT2D eigenvalue weighted by molar-refractivity contribution is -0.127. The van der Waals surface area contributed by atoms with E-state index < -0.39 is 21.6 Å². The summed E-state index contributed by atoms with van der Waals surface area (Å²) < 4.78 is 67.9. The van der Waals surface area contributed by atoms with Gasteiger partial charge in [0.15, 0.2) is 0 Å². The van der Waals surface area contributed by atoms with Crippen LogP contribution in [0, 0.1) is 13.8 Å². The number of ether oxygens (including phenoxy) is 1. The molecule has 1 aromatic rings. The smallest absolute Gasteiger partial charge is 0.365 e. The van der Waals surface area contributed by atoms with Gasteiger partial charge in [-0.25, -0.2) is 0 Å². The molecule has 0 spiro atoms. The summed E-state index contributed by atoms with van der Waals surface area (Å²) in [5.74, 6) is -0.256. The molecule has 1 N–H and O–H groups in total. The van der Waals surface area contributed by atoms with Gasteiger partial charge in [-0.1, -0.05) is 6.07 Å². The Balaban J connectivity index is 1.88. The zero-order valence-electron chi connectivity index (χ0n) is 14.3. The number of alkyl halides is 3. The first kappa shape index (κ1) is 19.0. The normalized spacial score (nSPS) is 21.3. The first-order valence-corrected chi connectivity index (χ1v) is 9.65. The molecule has 26 heavy (non-hydrogen) atoms. The first-order chi connectivity index (χ1) is 12.0. The standard InChI is InChI=1S/C16H19F3N2O4S/c1-9-7-10(2)13(8-12(9)20-26(23,24)16(17,18)19)21-6-5-14(15(21)22)25-11-3-4-11/h7-8,11,14,20H,3-6H2,1-2H3. The monoisotopic (exact) mass is 392 g/mol. The summed E-state index contributed by atoms with van der Waals surface area (Å²) in [5, 5.41) is 0. The molecule has 0 aromatic heterocycles. The van der Waals surface area contributed by atoms with Crippen molar-refractivity contribution in [1.29, 1.82) is 0 Å². The largest absolute Gasteiger partial charge is 0.516 e. The second-order valence-corrected chi connectivity index (χ2v) is 8.28. The van der Waals surface area contributed by atoms with Crippen molar-refractivity contribution in [3.8, 4) is 0 Å². The predicted molar refractivity (Wildman–Crippen MR) is 89.4 cm³/mol. The van der Waals surface area contributed by atoms with Crippen LogP contribution in [0.25, 0.3) is 0 Å². The van der Waals surface area contributed by atoms with E-state index in [1.54, 1.807) is 17.7 Å². The number of benzene rings is 1. The summed E-state index contributed by atoms with van der Waals surface area (Å²) in [4.78, 5) is 14.0. The van der Waals surface area contributed by atoms with E-state index in [9.17, 15) is 26.4 Å². The van der Waals surface area contributed by atoms with Crippen LogP contribution in [0.2, 0.25) is 0 Å². The summed E-state index contributed by atoms with van der Waals surface area (Å²) in [5.41, 5.74) is -4.25. The number of hydrogen-bond acceptors (Lipinski definition) is 4. The van der Waals surface area contributed by atoms with Crippen LogP contribution in [0.15, 0.2) is 12.1 Å². The maximum atomic E-state index is 12.6. The van der Waals surface area contributed by atoms with E-state index in [1.807, 2.05) is 0 Å². The molecular weight excluding hydrogens is 373 g/mol. The van der Waals surface area contributed by atoms with Gasteiger partial charge in [0.25, 0.3) is 5.91 Å². The van der Waals surface area contributed by atoms with Crippen LogP contribution >= 0.6 is 0 Å². The molecular formula is C16H19F3N2O4S. The third-order valence-corrected chi connectivity index (χ3v) is 5.52. The van der Waals surface area contributed by atoms with Crippen molar-refractivity contribution in [2.75, 3.05) is 16.2 Å². The summed E-state index contributed by atoms with van der Waals surface area (Å²) >= 11 is 0. The van der Waals surface area contributed by atoms with Gasteiger partial charge in [0.2, 0.25) is 0 Å². The third-order valence-electron chi connectivity index (χ3n) is 4.42. The van der Waals surface area contributed by atoms with E-state index in [4.69, 9.17) is 4.74 Å². The third kappa shape index (κ3) is 3.66. The Kier molecular flexibility index (Phi) is 4.68. The lowest BCUT2D eigenvalue weighted by Gasteiger charge is -2.22. The minimum absolute atomic E-state index is 0.108. The fraction of sp³-hybridized carbons (Fsp3) is 0.562. The molecule has 1 saturated heterocycles. The van der Waals surface area contributed by atoms with Crippen molar-refractivity contribution in [3.05, 3.63) is 23.3 Å². The molecule has 1 heterocycles. The van der Waals surface area contributed by atoms with Gasteiger partial charge in [0.1, 0.15) is 6.10 Å². The van der Waals surface area contributed by atoms with Crippen LogP contribution < -0.4 is 9.62 Å². The van der Waals surface area contributed by atoms with Crippen LogP contribution in [0.4, 0.5) is 24.5 Å². The topological polar surface area (TPSA) is 75.7 Å². The van der Waals surface area contributed by atoms with Gasteiger partial charge in [-0.2, -0.15) is 21.6 Å². The van der Waals surface area contributed by atoms with Gasteiger partial charge in [0, 0.05) is 18.7 Å². The van der Waals surface area contributed by atoms with E-state index in [-0.39, 0.29) is 17.7 Å². The van der Waals surface area contributed by atoms with E-state index >= 15 is 0 Å². The highest BCUT2D eigenvalue weighted by molar-refractivity contribution is 7.93. The van der Waals surface area contributed by atoms with Gasteiger partial charge in [-0.05, 0) is 43.9 Å². The Hall–Kier alpha value is -1.81. The van der Waals surface area contributed by atoms with Gasteiger partial charge < -0.3 is 9.64 Å². The number of carbonyl (C=O) groups excluding carboxylic acids is 1. The number of halogens is 3. The number of nitrogens with zero attached hydrogens (tertiary/aromatic N) is 1. The fourth-order valence-electron chi connectivity index (χ4n) is 2.90. The van der Waals surface area contributed by atoms with Crippen LogP contribution in [0.3, 0.4) is 0 Å². The van der Waals surface area contributed by atoms with Gasteiger partial charge in [-0.15, -0.1) is 0 Å². The van der Waals surface area contributed by atoms with Crippen molar-refractivity contribution in [3.63, 3.8) is 0 Å². The Morgan fingerprint density at radius 3 is 2.38 bits per heavy atom. The molecule has 1 aromatic carbocycles. The van der Waals surface area contributed by atoms with E-state index in [0.717, 1.165) is 12.8 Å². The highest BCUT2D eigenvalue weighted by Gasteiger charge is 2.46. The molecule has 3 rings (SSSR count). The minimum atomic E-state index is -5.54. The van der Waals surface area contributed by atoms with Crippen molar-refractivity contribution < 1.29 is 31.1 Å². The fourth-order valence-corrected chi connectivity index (χ4v) is 3.53. The van der Waals surface area contributed by atoms with E-state index in [0.29, 0.717) is 29.8 Å². The molecule has 1 amide bonds. The molecule has 1 aliphatic heterocycles. The summed E-state index contributed by atoms with van der Waals surface area (Å²) in [6.07, 6.45) is 1.90. The highest BCUT2D eigenvalue weighted by atomic mass is 32.2. The summed E-state index contributed by atoms with van der Waals surface area (Å²) in [7, 11) is -5.54. The minimum Gasteiger partial charge on any atom is -0.365 e. The summed E-state index contributed by atoms with van der Waals surface area (Å²) in [6, 6.07) is 2.82. The number of aryl methyl sites for hydroxylation is 2. The van der Waals surface area contributed by atoms with Crippen LogP contribution in [-0.4, -0.2) is 38.6 Å². The zero-order valence-corrected chi connectivity index (χ0v) is 15.1. The molecule has 1 unspecified atom stereocenters. The number of hydrogen-bond donors (Lipinski definition) is 1. The first-order valence-electron chi connectivity index (χ1n) is 8.17. The maximum Gasteiger partial charge on any atom is 0.516 e. The van der Waals surface area contributed by atoms with Gasteiger partial charge in [-0.3, -0.25) is 9.52 Å². The van der Waals surface area contributed by atoms with E-state index in [1.165, 1.54) is 17.9 Å². The molecule has 0 bridgehead atoms. The second kappa shape index (κ2) is 6.41. The molecule has 2 aliphatic rings. The maximum absolute atomic E-state index is 12.6.